The molecule has 0 bridgehead atoms. The van der Waals surface area contributed by atoms with E-state index in [1.165, 1.54) is 0 Å². The van der Waals surface area contributed by atoms with Crippen LogP contribution in [0.3, 0.4) is 0 Å². The smallest absolute Gasteiger partial charge is 0.234 e. The first kappa shape index (κ1) is 22.0. The molecule has 0 aliphatic heterocycles. The zero-order valence-electron chi connectivity index (χ0n) is 16.9. The second-order valence-electron chi connectivity index (χ2n) is 7.18. The van der Waals surface area contributed by atoms with Gasteiger partial charge in [0.05, 0.1) is 12.6 Å². The van der Waals surface area contributed by atoms with E-state index in [1.807, 2.05) is 60.7 Å². The number of carbonyl (C=O) groups is 1. The lowest BCUT2D eigenvalue weighted by atomic mass is 9.96. The Balaban J connectivity index is 1.78. The number of aliphatic hydroxyl groups excluding tert-OH is 1. The minimum absolute atomic E-state index is 0.0650. The van der Waals surface area contributed by atoms with Gasteiger partial charge in [0.1, 0.15) is 0 Å². The monoisotopic (exact) mass is 422 g/mol. The second-order valence-corrected chi connectivity index (χ2v) is 7.61. The molecule has 2 N–H and O–H groups in total. The van der Waals surface area contributed by atoms with Crippen molar-refractivity contribution in [3.8, 4) is 0 Å². The van der Waals surface area contributed by atoms with Crippen molar-refractivity contribution in [2.24, 2.45) is 0 Å². The van der Waals surface area contributed by atoms with Crippen molar-refractivity contribution in [2.45, 2.75) is 19.0 Å². The molecule has 0 saturated carbocycles. The number of nitrogens with zero attached hydrogens (tertiary/aromatic N) is 1. The maximum Gasteiger partial charge on any atom is 0.234 e. The van der Waals surface area contributed by atoms with Crippen molar-refractivity contribution < 1.29 is 9.90 Å². The molecular formula is C25H27ClN2O2. The van der Waals surface area contributed by atoms with Crippen LogP contribution in [0.5, 0.6) is 0 Å². The maximum absolute atomic E-state index is 12.8. The van der Waals surface area contributed by atoms with E-state index in [2.05, 4.69) is 34.5 Å². The van der Waals surface area contributed by atoms with Gasteiger partial charge in [0.25, 0.3) is 0 Å². The summed E-state index contributed by atoms with van der Waals surface area (Å²) in [7, 11) is 0. The second kappa shape index (κ2) is 11.5. The van der Waals surface area contributed by atoms with Gasteiger partial charge in [-0.25, -0.2) is 0 Å². The lowest BCUT2D eigenvalue weighted by molar-refractivity contribution is -0.122. The number of halogens is 1. The summed E-state index contributed by atoms with van der Waals surface area (Å²) in [4.78, 5) is 14.9. The van der Waals surface area contributed by atoms with Crippen LogP contribution in [0.1, 0.15) is 29.2 Å². The Bertz CT molecular complexity index is 879. The first-order chi connectivity index (χ1) is 14.7. The van der Waals surface area contributed by atoms with Crippen molar-refractivity contribution in [2.75, 3.05) is 19.7 Å². The van der Waals surface area contributed by atoms with E-state index >= 15 is 0 Å². The van der Waals surface area contributed by atoms with Gasteiger partial charge in [-0.2, -0.15) is 0 Å². The number of rotatable bonds is 10. The Hall–Kier alpha value is -2.66. The summed E-state index contributed by atoms with van der Waals surface area (Å²) in [5, 5.41) is 13.1. The van der Waals surface area contributed by atoms with E-state index in [0.717, 1.165) is 16.7 Å². The molecule has 0 spiro atoms. The molecular weight excluding hydrogens is 396 g/mol. The zero-order chi connectivity index (χ0) is 21.2. The van der Waals surface area contributed by atoms with Crippen molar-refractivity contribution in [3.05, 3.63) is 107 Å². The maximum atomic E-state index is 12.8. The molecule has 4 nitrogen and oxygen atoms in total. The highest BCUT2D eigenvalue weighted by Gasteiger charge is 2.24. The average molecular weight is 423 g/mol. The summed E-state index contributed by atoms with van der Waals surface area (Å²) >= 11 is 6.03. The predicted molar refractivity (Wildman–Crippen MR) is 121 cm³/mol. The van der Waals surface area contributed by atoms with Crippen LogP contribution in [0, 0.1) is 0 Å². The summed E-state index contributed by atoms with van der Waals surface area (Å²) in [6.45, 7) is 1.34. The Morgan fingerprint density at radius 2 is 1.57 bits per heavy atom. The number of amides is 1. The number of carbonyl (C=O) groups excluding carboxylic acids is 1. The van der Waals surface area contributed by atoms with E-state index in [0.29, 0.717) is 24.5 Å². The van der Waals surface area contributed by atoms with E-state index < -0.39 is 0 Å². The highest BCUT2D eigenvalue weighted by atomic mass is 35.5. The summed E-state index contributed by atoms with van der Waals surface area (Å²) in [5.41, 5.74) is 3.19. The van der Waals surface area contributed by atoms with Gasteiger partial charge < -0.3 is 10.4 Å². The molecule has 0 aliphatic carbocycles. The molecule has 0 aliphatic rings. The average Bonchev–Trinajstić information content (AvgIpc) is 2.78. The molecule has 0 aromatic heterocycles. The molecule has 1 amide bonds. The molecule has 3 aromatic carbocycles. The number of hydrogen-bond acceptors (Lipinski definition) is 3. The van der Waals surface area contributed by atoms with Crippen LogP contribution in [0.4, 0.5) is 0 Å². The Morgan fingerprint density at radius 3 is 2.13 bits per heavy atom. The molecule has 0 saturated heterocycles. The van der Waals surface area contributed by atoms with E-state index in [9.17, 15) is 9.90 Å². The van der Waals surface area contributed by atoms with Crippen molar-refractivity contribution in [1.29, 1.82) is 0 Å². The number of aliphatic hydroxyl groups is 1. The first-order valence-corrected chi connectivity index (χ1v) is 10.5. The summed E-state index contributed by atoms with van der Waals surface area (Å²) in [5.74, 6) is -0.0650. The molecule has 3 aromatic rings. The fourth-order valence-corrected chi connectivity index (χ4v) is 3.76. The SMILES string of the molecule is O=C(CN(CCCO)C(c1ccccc1)c1ccccc1)NCc1cccc(Cl)c1. The highest BCUT2D eigenvalue weighted by Crippen LogP contribution is 2.28. The van der Waals surface area contributed by atoms with Crippen LogP contribution in [0.2, 0.25) is 5.02 Å². The molecule has 30 heavy (non-hydrogen) atoms. The molecule has 0 atom stereocenters. The van der Waals surface area contributed by atoms with Gasteiger partial charge in [0.15, 0.2) is 0 Å². The molecule has 0 fully saturated rings. The predicted octanol–water partition coefficient (Wildman–Crippen LogP) is 4.43. The molecule has 0 heterocycles. The van der Waals surface area contributed by atoms with Gasteiger partial charge in [0, 0.05) is 24.7 Å². The standard InChI is InChI=1S/C25H27ClN2O2/c26-23-14-7-9-20(17-23)18-27-24(30)19-28(15-8-16-29)25(21-10-3-1-4-11-21)22-12-5-2-6-13-22/h1-7,9-14,17,25,29H,8,15-16,18-19H2,(H,27,30). The van der Waals surface area contributed by atoms with E-state index in [-0.39, 0.29) is 25.1 Å². The minimum Gasteiger partial charge on any atom is -0.396 e. The van der Waals surface area contributed by atoms with Gasteiger partial charge in [-0.3, -0.25) is 9.69 Å². The van der Waals surface area contributed by atoms with Crippen LogP contribution in [-0.4, -0.2) is 35.6 Å². The molecule has 156 valence electrons. The van der Waals surface area contributed by atoms with Gasteiger partial charge in [-0.15, -0.1) is 0 Å². The highest BCUT2D eigenvalue weighted by molar-refractivity contribution is 6.30. The summed E-state index contributed by atoms with van der Waals surface area (Å²) in [6.07, 6.45) is 0.595. The van der Waals surface area contributed by atoms with Crippen LogP contribution in [0.15, 0.2) is 84.9 Å². The third-order valence-corrected chi connectivity index (χ3v) is 5.16. The Kier molecular flexibility index (Phi) is 8.45. The largest absolute Gasteiger partial charge is 0.396 e. The fraction of sp³-hybridized carbons (Fsp3) is 0.240. The van der Waals surface area contributed by atoms with Crippen molar-refractivity contribution in [1.82, 2.24) is 10.2 Å². The lowest BCUT2D eigenvalue weighted by Gasteiger charge is -2.32. The normalized spacial score (nSPS) is 11.1. The first-order valence-electron chi connectivity index (χ1n) is 10.1. The van der Waals surface area contributed by atoms with Crippen LogP contribution >= 0.6 is 11.6 Å². The van der Waals surface area contributed by atoms with Crippen LogP contribution < -0.4 is 5.32 Å². The molecule has 5 heteroatoms. The van der Waals surface area contributed by atoms with Gasteiger partial charge >= 0.3 is 0 Å². The molecule has 0 unspecified atom stereocenters. The topological polar surface area (TPSA) is 52.6 Å². The number of nitrogens with one attached hydrogen (secondary N) is 1. The summed E-state index contributed by atoms with van der Waals surface area (Å²) < 4.78 is 0. The van der Waals surface area contributed by atoms with Crippen molar-refractivity contribution >= 4 is 17.5 Å². The molecule has 0 radical (unpaired) electrons. The van der Waals surface area contributed by atoms with Crippen LogP contribution in [-0.2, 0) is 11.3 Å². The van der Waals surface area contributed by atoms with Gasteiger partial charge in [0.2, 0.25) is 5.91 Å². The van der Waals surface area contributed by atoms with Gasteiger partial charge in [-0.05, 0) is 35.2 Å². The Morgan fingerprint density at radius 1 is 0.933 bits per heavy atom. The fourth-order valence-electron chi connectivity index (χ4n) is 3.55. The lowest BCUT2D eigenvalue weighted by Crippen LogP contribution is -2.40. The quantitative estimate of drug-likeness (QED) is 0.508. The molecule has 3 rings (SSSR count). The van der Waals surface area contributed by atoms with E-state index in [1.54, 1.807) is 0 Å². The third-order valence-electron chi connectivity index (χ3n) is 4.92. The number of hydrogen-bond donors (Lipinski definition) is 2. The summed E-state index contributed by atoms with van der Waals surface area (Å²) in [6, 6.07) is 27.7. The van der Waals surface area contributed by atoms with Gasteiger partial charge in [-0.1, -0.05) is 84.4 Å². The van der Waals surface area contributed by atoms with Crippen molar-refractivity contribution in [3.63, 3.8) is 0 Å². The Labute approximate surface area is 183 Å². The third kappa shape index (κ3) is 6.42. The minimum atomic E-state index is -0.0733. The van der Waals surface area contributed by atoms with E-state index in [4.69, 9.17) is 11.6 Å². The number of benzene rings is 3. The van der Waals surface area contributed by atoms with Crippen LogP contribution in [0.25, 0.3) is 0 Å². The zero-order valence-corrected chi connectivity index (χ0v) is 17.6.